The molecule has 0 aromatic carbocycles. The Labute approximate surface area is 70.7 Å². The summed E-state index contributed by atoms with van der Waals surface area (Å²) in [5.74, 6) is -1.37. The Balaban J connectivity index is 3.54. The van der Waals surface area contributed by atoms with Crippen LogP contribution in [0, 0.1) is 0 Å². The molecule has 12 heavy (non-hydrogen) atoms. The molecular formula is C7H13NO4. The van der Waals surface area contributed by atoms with Gasteiger partial charge in [0.1, 0.15) is 6.61 Å². The maximum atomic E-state index is 10.7. The van der Waals surface area contributed by atoms with Gasteiger partial charge < -0.3 is 15.2 Å². The standard InChI is InChI=1S/C7H13NO4/c1-3-8-6(9)4-12-5(2)7(10)11/h5H,3-4H2,1-2H3,(H,8,9)(H,10,11)/t5-/m0/s1. The molecule has 1 amide bonds. The van der Waals surface area contributed by atoms with Crippen LogP contribution in [-0.2, 0) is 14.3 Å². The van der Waals surface area contributed by atoms with Crippen LogP contribution in [0.5, 0.6) is 0 Å². The van der Waals surface area contributed by atoms with Crippen LogP contribution in [0.1, 0.15) is 13.8 Å². The summed E-state index contributed by atoms with van der Waals surface area (Å²) in [6.07, 6.45) is -0.937. The number of hydrogen-bond acceptors (Lipinski definition) is 3. The molecule has 70 valence electrons. The van der Waals surface area contributed by atoms with E-state index in [1.54, 1.807) is 6.92 Å². The van der Waals surface area contributed by atoms with Gasteiger partial charge in [-0.3, -0.25) is 4.79 Å². The van der Waals surface area contributed by atoms with Crippen LogP contribution in [0.2, 0.25) is 0 Å². The van der Waals surface area contributed by atoms with E-state index in [1.807, 2.05) is 0 Å². The number of carbonyl (C=O) groups is 2. The monoisotopic (exact) mass is 175 g/mol. The second-order valence-electron chi connectivity index (χ2n) is 2.24. The molecule has 0 aliphatic carbocycles. The molecule has 0 radical (unpaired) electrons. The van der Waals surface area contributed by atoms with Crippen LogP contribution in [-0.4, -0.2) is 36.2 Å². The van der Waals surface area contributed by atoms with Gasteiger partial charge in [0.25, 0.3) is 0 Å². The van der Waals surface area contributed by atoms with E-state index in [0.717, 1.165) is 0 Å². The van der Waals surface area contributed by atoms with Crippen molar-refractivity contribution < 1.29 is 19.4 Å². The molecule has 0 unspecified atom stereocenters. The highest BCUT2D eigenvalue weighted by Gasteiger charge is 2.12. The number of likely N-dealkylation sites (N-methyl/N-ethyl adjacent to an activating group) is 1. The molecule has 0 rings (SSSR count). The van der Waals surface area contributed by atoms with E-state index in [9.17, 15) is 9.59 Å². The Morgan fingerprint density at radius 2 is 2.17 bits per heavy atom. The first-order valence-corrected chi connectivity index (χ1v) is 3.69. The summed E-state index contributed by atoms with van der Waals surface area (Å²) in [5, 5.41) is 10.9. The number of rotatable bonds is 5. The van der Waals surface area contributed by atoms with Gasteiger partial charge in [-0.05, 0) is 13.8 Å². The van der Waals surface area contributed by atoms with Gasteiger partial charge in [0.2, 0.25) is 5.91 Å². The van der Waals surface area contributed by atoms with Crippen LogP contribution < -0.4 is 5.32 Å². The molecule has 0 heterocycles. The van der Waals surface area contributed by atoms with Crippen molar-refractivity contribution in [1.82, 2.24) is 5.32 Å². The maximum Gasteiger partial charge on any atom is 0.332 e. The third-order valence-corrected chi connectivity index (χ3v) is 1.19. The SMILES string of the molecule is CCNC(=O)CO[C@@H](C)C(=O)O. The Bertz CT molecular complexity index is 169. The molecule has 1 atom stereocenters. The van der Waals surface area contributed by atoms with E-state index in [-0.39, 0.29) is 12.5 Å². The zero-order valence-corrected chi connectivity index (χ0v) is 7.16. The van der Waals surface area contributed by atoms with Crippen molar-refractivity contribution in [3.63, 3.8) is 0 Å². The molecule has 0 bridgehead atoms. The molecule has 5 heteroatoms. The number of amides is 1. The number of carboxylic acid groups (broad SMARTS) is 1. The predicted molar refractivity (Wildman–Crippen MR) is 41.7 cm³/mol. The number of ether oxygens (including phenoxy) is 1. The van der Waals surface area contributed by atoms with Crippen molar-refractivity contribution in [2.75, 3.05) is 13.2 Å². The highest BCUT2D eigenvalue weighted by Crippen LogP contribution is 1.89. The molecule has 5 nitrogen and oxygen atoms in total. The minimum Gasteiger partial charge on any atom is -0.479 e. The number of nitrogens with one attached hydrogen (secondary N) is 1. The van der Waals surface area contributed by atoms with E-state index >= 15 is 0 Å². The molecule has 0 aliphatic heterocycles. The summed E-state index contributed by atoms with van der Waals surface area (Å²) >= 11 is 0. The van der Waals surface area contributed by atoms with Crippen molar-refractivity contribution in [2.45, 2.75) is 20.0 Å². The number of aliphatic carboxylic acids is 1. The summed E-state index contributed by atoms with van der Waals surface area (Å²) in [6, 6.07) is 0. The zero-order valence-electron chi connectivity index (χ0n) is 7.16. The molecule has 0 saturated carbocycles. The van der Waals surface area contributed by atoms with Crippen molar-refractivity contribution in [2.24, 2.45) is 0 Å². The van der Waals surface area contributed by atoms with Crippen LogP contribution in [0.3, 0.4) is 0 Å². The first-order valence-electron chi connectivity index (χ1n) is 3.69. The van der Waals surface area contributed by atoms with Gasteiger partial charge in [-0.15, -0.1) is 0 Å². The van der Waals surface area contributed by atoms with E-state index in [2.05, 4.69) is 5.32 Å². The zero-order chi connectivity index (χ0) is 9.56. The van der Waals surface area contributed by atoms with Gasteiger partial charge in [-0.2, -0.15) is 0 Å². The molecule has 0 aromatic rings. The summed E-state index contributed by atoms with van der Waals surface area (Å²) in [7, 11) is 0. The van der Waals surface area contributed by atoms with Crippen LogP contribution in [0.4, 0.5) is 0 Å². The second kappa shape index (κ2) is 5.54. The first kappa shape index (κ1) is 10.9. The summed E-state index contributed by atoms with van der Waals surface area (Å²) in [6.45, 7) is 3.46. The highest BCUT2D eigenvalue weighted by molar-refractivity contribution is 5.78. The molecule has 0 aromatic heterocycles. The van der Waals surface area contributed by atoms with E-state index in [1.165, 1.54) is 6.92 Å². The van der Waals surface area contributed by atoms with Crippen molar-refractivity contribution in [3.05, 3.63) is 0 Å². The lowest BCUT2D eigenvalue weighted by atomic mass is 10.4. The second-order valence-corrected chi connectivity index (χ2v) is 2.24. The molecular weight excluding hydrogens is 162 g/mol. The van der Waals surface area contributed by atoms with Gasteiger partial charge in [0.05, 0.1) is 0 Å². The van der Waals surface area contributed by atoms with Gasteiger partial charge in [0, 0.05) is 6.54 Å². The average Bonchev–Trinajstić information content (AvgIpc) is 2.00. The van der Waals surface area contributed by atoms with Gasteiger partial charge >= 0.3 is 5.97 Å². The molecule has 0 aliphatic rings. The Kier molecular flexibility index (Phi) is 5.03. The molecule has 0 fully saturated rings. The predicted octanol–water partition coefficient (Wildman–Crippen LogP) is -0.388. The Hall–Kier alpha value is -1.10. The van der Waals surface area contributed by atoms with Crippen molar-refractivity contribution >= 4 is 11.9 Å². The fraction of sp³-hybridized carbons (Fsp3) is 0.714. The van der Waals surface area contributed by atoms with Gasteiger partial charge in [-0.1, -0.05) is 0 Å². The normalized spacial score (nSPS) is 12.2. The van der Waals surface area contributed by atoms with Gasteiger partial charge in [-0.25, -0.2) is 4.79 Å². The summed E-state index contributed by atoms with van der Waals surface area (Å²) < 4.78 is 4.71. The topological polar surface area (TPSA) is 75.6 Å². The fourth-order valence-corrected chi connectivity index (χ4v) is 0.520. The van der Waals surface area contributed by atoms with Crippen LogP contribution in [0.25, 0.3) is 0 Å². The van der Waals surface area contributed by atoms with Crippen LogP contribution >= 0.6 is 0 Å². The van der Waals surface area contributed by atoms with Crippen molar-refractivity contribution in [3.8, 4) is 0 Å². The molecule has 0 saturated heterocycles. The Morgan fingerprint density at radius 1 is 1.58 bits per heavy atom. The third-order valence-electron chi connectivity index (χ3n) is 1.19. The Morgan fingerprint density at radius 3 is 2.58 bits per heavy atom. The highest BCUT2D eigenvalue weighted by atomic mass is 16.5. The summed E-state index contributed by atoms with van der Waals surface area (Å²) in [5.41, 5.74) is 0. The first-order chi connectivity index (χ1) is 5.57. The van der Waals surface area contributed by atoms with Crippen molar-refractivity contribution in [1.29, 1.82) is 0 Å². The smallest absolute Gasteiger partial charge is 0.332 e. The van der Waals surface area contributed by atoms with E-state index < -0.39 is 12.1 Å². The van der Waals surface area contributed by atoms with E-state index in [4.69, 9.17) is 9.84 Å². The fourth-order valence-electron chi connectivity index (χ4n) is 0.520. The third kappa shape index (κ3) is 4.68. The lowest BCUT2D eigenvalue weighted by molar-refractivity contribution is -0.150. The lowest BCUT2D eigenvalue weighted by Gasteiger charge is -2.07. The van der Waals surface area contributed by atoms with E-state index in [0.29, 0.717) is 6.54 Å². The average molecular weight is 175 g/mol. The molecule has 0 spiro atoms. The lowest BCUT2D eigenvalue weighted by Crippen LogP contribution is -2.31. The summed E-state index contributed by atoms with van der Waals surface area (Å²) in [4.78, 5) is 21.0. The number of carbonyl (C=O) groups excluding carboxylic acids is 1. The number of hydrogen-bond donors (Lipinski definition) is 2. The largest absolute Gasteiger partial charge is 0.479 e. The van der Waals surface area contributed by atoms with Crippen LogP contribution in [0.15, 0.2) is 0 Å². The van der Waals surface area contributed by atoms with Gasteiger partial charge in [0.15, 0.2) is 6.10 Å². The quantitative estimate of drug-likeness (QED) is 0.596. The maximum absolute atomic E-state index is 10.7. The minimum absolute atomic E-state index is 0.207. The minimum atomic E-state index is -1.07. The number of carboxylic acids is 1. The molecule has 2 N–H and O–H groups in total.